The molecule has 1 unspecified atom stereocenters. The number of benzene rings is 2. The van der Waals surface area contributed by atoms with E-state index in [-0.39, 0.29) is 6.61 Å². The fraction of sp³-hybridized carbons (Fsp3) is 0.304. The zero-order chi connectivity index (χ0) is 19.4. The summed E-state index contributed by atoms with van der Waals surface area (Å²) in [6.07, 6.45) is 3.47. The number of hydrogen-bond donors (Lipinski definition) is 1. The van der Waals surface area contributed by atoms with Crippen molar-refractivity contribution in [2.24, 2.45) is 0 Å². The van der Waals surface area contributed by atoms with Crippen molar-refractivity contribution in [3.05, 3.63) is 83.8 Å². The third kappa shape index (κ3) is 4.38. The van der Waals surface area contributed by atoms with Gasteiger partial charge in [-0.2, -0.15) is 0 Å². The van der Waals surface area contributed by atoms with Crippen LogP contribution in [0.15, 0.2) is 71.5 Å². The van der Waals surface area contributed by atoms with Gasteiger partial charge in [-0.3, -0.25) is 4.90 Å². The molecule has 4 rings (SSSR count). The Kier molecular flexibility index (Phi) is 5.37. The quantitative estimate of drug-likeness (QED) is 0.703. The first-order valence-corrected chi connectivity index (χ1v) is 9.50. The van der Waals surface area contributed by atoms with Gasteiger partial charge in [0.2, 0.25) is 0 Å². The molecule has 146 valence electrons. The van der Waals surface area contributed by atoms with Crippen LogP contribution in [-0.4, -0.2) is 29.8 Å². The van der Waals surface area contributed by atoms with Crippen LogP contribution in [0.4, 0.5) is 0 Å². The molecule has 0 saturated heterocycles. The summed E-state index contributed by atoms with van der Waals surface area (Å²) in [6.45, 7) is 4.98. The highest BCUT2D eigenvalue weighted by Crippen LogP contribution is 2.30. The molecule has 1 atom stereocenters. The number of furan rings is 1. The van der Waals surface area contributed by atoms with Gasteiger partial charge < -0.3 is 19.0 Å². The van der Waals surface area contributed by atoms with Crippen molar-refractivity contribution in [2.75, 3.05) is 19.8 Å². The third-order valence-corrected chi connectivity index (χ3v) is 4.99. The van der Waals surface area contributed by atoms with E-state index in [9.17, 15) is 5.11 Å². The molecule has 0 spiro atoms. The summed E-state index contributed by atoms with van der Waals surface area (Å²) in [7, 11) is 0. The normalized spacial score (nSPS) is 16.5. The summed E-state index contributed by atoms with van der Waals surface area (Å²) < 4.78 is 16.9. The van der Waals surface area contributed by atoms with E-state index in [2.05, 4.69) is 4.90 Å². The Morgan fingerprint density at radius 1 is 1.14 bits per heavy atom. The van der Waals surface area contributed by atoms with Crippen LogP contribution in [-0.2, 0) is 18.7 Å². The summed E-state index contributed by atoms with van der Waals surface area (Å²) in [4.78, 5) is 2.32. The Morgan fingerprint density at radius 3 is 2.79 bits per heavy atom. The van der Waals surface area contributed by atoms with E-state index >= 15 is 0 Å². The average Bonchev–Trinajstić information content (AvgIpc) is 3.12. The van der Waals surface area contributed by atoms with Crippen molar-refractivity contribution >= 4 is 0 Å². The first-order valence-electron chi connectivity index (χ1n) is 9.50. The Balaban J connectivity index is 1.49. The van der Waals surface area contributed by atoms with E-state index < -0.39 is 5.60 Å². The largest absolute Gasteiger partial charge is 0.492 e. The highest BCUT2D eigenvalue weighted by molar-refractivity contribution is 5.40. The van der Waals surface area contributed by atoms with Gasteiger partial charge in [-0.25, -0.2) is 0 Å². The molecule has 0 fully saturated rings. The minimum absolute atomic E-state index is 0.176. The second-order valence-electron chi connectivity index (χ2n) is 7.39. The predicted molar refractivity (Wildman–Crippen MR) is 106 cm³/mol. The summed E-state index contributed by atoms with van der Waals surface area (Å²) in [6, 6.07) is 17.4. The molecule has 1 aliphatic rings. The molecule has 1 aliphatic heterocycles. The molecule has 28 heavy (non-hydrogen) atoms. The van der Waals surface area contributed by atoms with Crippen molar-refractivity contribution in [1.29, 1.82) is 0 Å². The van der Waals surface area contributed by atoms with Gasteiger partial charge in [0, 0.05) is 30.8 Å². The van der Waals surface area contributed by atoms with Gasteiger partial charge in [0.1, 0.15) is 30.3 Å². The number of para-hydroxylation sites is 1. The molecule has 0 aliphatic carbocycles. The first-order chi connectivity index (χ1) is 13.6. The van der Waals surface area contributed by atoms with Crippen LogP contribution >= 0.6 is 0 Å². The lowest BCUT2D eigenvalue weighted by Crippen LogP contribution is -2.30. The predicted octanol–water partition coefficient (Wildman–Crippen LogP) is 3.96. The van der Waals surface area contributed by atoms with Crippen LogP contribution in [0.5, 0.6) is 11.5 Å². The van der Waals surface area contributed by atoms with Crippen molar-refractivity contribution < 1.29 is 19.0 Å². The van der Waals surface area contributed by atoms with Crippen molar-refractivity contribution in [3.63, 3.8) is 0 Å². The van der Waals surface area contributed by atoms with Gasteiger partial charge in [0.05, 0.1) is 12.5 Å². The van der Waals surface area contributed by atoms with Crippen molar-refractivity contribution in [2.45, 2.75) is 25.6 Å². The molecular formula is C23H25NO4. The molecule has 0 radical (unpaired) electrons. The van der Waals surface area contributed by atoms with E-state index in [1.165, 1.54) is 0 Å². The number of fused-ring (bicyclic) bond motifs is 1. The van der Waals surface area contributed by atoms with Gasteiger partial charge in [0.25, 0.3) is 0 Å². The lowest BCUT2D eigenvalue weighted by atomic mass is 9.94. The summed E-state index contributed by atoms with van der Waals surface area (Å²) in [5.74, 6) is 1.62. The Bertz CT molecular complexity index is 890. The molecule has 0 amide bonds. The number of hydrogen-bond acceptors (Lipinski definition) is 5. The maximum absolute atomic E-state index is 11.0. The Hall–Kier alpha value is -2.76. The minimum Gasteiger partial charge on any atom is -0.492 e. The number of rotatable bonds is 6. The second kappa shape index (κ2) is 8.09. The molecule has 0 saturated carbocycles. The summed E-state index contributed by atoms with van der Waals surface area (Å²) >= 11 is 0. The number of aliphatic hydroxyl groups is 1. The smallest absolute Gasteiger partial charge is 0.123 e. The SMILES string of the molecule is CC(O)(COc1ccccc1)c1ccc2c(c1)CN(Cc1ccoc1)CCO2. The molecule has 5 heteroatoms. The van der Waals surface area contributed by atoms with Crippen LogP contribution in [0.25, 0.3) is 0 Å². The second-order valence-corrected chi connectivity index (χ2v) is 7.39. The Labute approximate surface area is 165 Å². The minimum atomic E-state index is -1.10. The van der Waals surface area contributed by atoms with Crippen molar-refractivity contribution in [3.8, 4) is 11.5 Å². The maximum Gasteiger partial charge on any atom is 0.123 e. The molecule has 2 aromatic carbocycles. The van der Waals surface area contributed by atoms with Crippen LogP contribution in [0.3, 0.4) is 0 Å². The van der Waals surface area contributed by atoms with Gasteiger partial charge in [-0.05, 0) is 42.8 Å². The van der Waals surface area contributed by atoms with Gasteiger partial charge in [0.15, 0.2) is 0 Å². The van der Waals surface area contributed by atoms with Crippen LogP contribution < -0.4 is 9.47 Å². The first kappa shape index (κ1) is 18.6. The maximum atomic E-state index is 11.0. The Morgan fingerprint density at radius 2 is 2.00 bits per heavy atom. The zero-order valence-corrected chi connectivity index (χ0v) is 16.0. The summed E-state index contributed by atoms with van der Waals surface area (Å²) in [5.41, 5.74) is 1.92. The van der Waals surface area contributed by atoms with E-state index in [1.54, 1.807) is 19.5 Å². The molecular weight excluding hydrogens is 354 g/mol. The lowest BCUT2D eigenvalue weighted by molar-refractivity contribution is 0.00748. The number of nitrogens with zero attached hydrogens (tertiary/aromatic N) is 1. The molecule has 2 heterocycles. The van der Waals surface area contributed by atoms with Crippen LogP contribution in [0.2, 0.25) is 0 Å². The van der Waals surface area contributed by atoms with Crippen LogP contribution in [0, 0.1) is 0 Å². The molecule has 3 aromatic rings. The molecule has 5 nitrogen and oxygen atoms in total. The molecule has 0 bridgehead atoms. The molecule has 1 N–H and O–H groups in total. The summed E-state index contributed by atoms with van der Waals surface area (Å²) in [5, 5.41) is 11.0. The van der Waals surface area contributed by atoms with E-state index in [4.69, 9.17) is 13.9 Å². The van der Waals surface area contributed by atoms with E-state index in [0.29, 0.717) is 6.61 Å². The fourth-order valence-electron chi connectivity index (χ4n) is 3.38. The molecule has 1 aromatic heterocycles. The standard InChI is InChI=1S/C23H25NO4/c1-23(25,17-28-21-5-3-2-4-6-21)20-7-8-22-19(13-20)15-24(10-12-27-22)14-18-9-11-26-16-18/h2-9,11,13,16,25H,10,12,14-15,17H2,1H3. The highest BCUT2D eigenvalue weighted by Gasteiger charge is 2.26. The van der Waals surface area contributed by atoms with E-state index in [1.807, 2.05) is 54.6 Å². The van der Waals surface area contributed by atoms with Gasteiger partial charge >= 0.3 is 0 Å². The average molecular weight is 379 g/mol. The van der Waals surface area contributed by atoms with Gasteiger partial charge in [-0.15, -0.1) is 0 Å². The van der Waals surface area contributed by atoms with E-state index in [0.717, 1.165) is 47.8 Å². The zero-order valence-electron chi connectivity index (χ0n) is 16.0. The monoisotopic (exact) mass is 379 g/mol. The highest BCUT2D eigenvalue weighted by atomic mass is 16.5. The van der Waals surface area contributed by atoms with Gasteiger partial charge in [-0.1, -0.05) is 24.3 Å². The number of ether oxygens (including phenoxy) is 2. The third-order valence-electron chi connectivity index (χ3n) is 4.99. The topological polar surface area (TPSA) is 55.1 Å². The van der Waals surface area contributed by atoms with Crippen molar-refractivity contribution in [1.82, 2.24) is 4.90 Å². The van der Waals surface area contributed by atoms with Crippen LogP contribution in [0.1, 0.15) is 23.6 Å². The lowest BCUT2D eigenvalue weighted by Gasteiger charge is -2.25. The fourth-order valence-corrected chi connectivity index (χ4v) is 3.38.